The van der Waals surface area contributed by atoms with Gasteiger partial charge in [0.15, 0.2) is 0 Å². The molecule has 132 valence electrons. The minimum Gasteiger partial charge on any atom is -0.292 e. The van der Waals surface area contributed by atoms with Gasteiger partial charge in [0, 0.05) is 21.9 Å². The highest BCUT2D eigenvalue weighted by molar-refractivity contribution is 6.13. The van der Waals surface area contributed by atoms with Crippen molar-refractivity contribution in [3.05, 3.63) is 72.3 Å². The second-order valence-corrected chi connectivity index (χ2v) is 6.36. The van der Waals surface area contributed by atoms with E-state index in [1.165, 1.54) is 24.3 Å². The van der Waals surface area contributed by atoms with Gasteiger partial charge in [0.25, 0.3) is 5.78 Å². The Hall–Kier alpha value is -3.41. The van der Waals surface area contributed by atoms with Crippen molar-refractivity contribution in [2.45, 2.75) is 6.18 Å². The first-order chi connectivity index (χ1) is 12.9. The molecule has 0 aliphatic carbocycles. The molecule has 0 atom stereocenters. The maximum absolute atomic E-state index is 12.6. The fourth-order valence-corrected chi connectivity index (χ4v) is 3.61. The molecule has 5 aromatic rings. The smallest absolute Gasteiger partial charge is 0.292 e. The summed E-state index contributed by atoms with van der Waals surface area (Å²) in [5.74, 6) is -1.85. The quantitative estimate of drug-likeness (QED) is 0.388. The molecule has 0 fully saturated rings. The van der Waals surface area contributed by atoms with Gasteiger partial charge in [-0.3, -0.25) is 9.20 Å². The zero-order chi connectivity index (χ0) is 18.8. The van der Waals surface area contributed by atoms with Gasteiger partial charge in [0.2, 0.25) is 0 Å². The van der Waals surface area contributed by atoms with Gasteiger partial charge in [-0.2, -0.15) is 13.2 Å². The first kappa shape index (κ1) is 15.8. The third-order valence-corrected chi connectivity index (χ3v) is 4.78. The zero-order valence-corrected chi connectivity index (χ0v) is 13.8. The van der Waals surface area contributed by atoms with Crippen molar-refractivity contribution in [3.8, 4) is 11.3 Å². The van der Waals surface area contributed by atoms with Crippen LogP contribution in [0, 0.1) is 0 Å². The highest BCUT2D eigenvalue weighted by Crippen LogP contribution is 2.37. The Balaban J connectivity index is 1.74. The molecular weight excluding hydrogens is 353 g/mol. The van der Waals surface area contributed by atoms with Crippen LogP contribution >= 0.6 is 0 Å². The molecule has 3 aromatic heterocycles. The van der Waals surface area contributed by atoms with Crippen LogP contribution in [0.3, 0.4) is 0 Å². The first-order valence-electron chi connectivity index (χ1n) is 8.28. The maximum Gasteiger partial charge on any atom is 0.454 e. The standard InChI is InChI=1S/C21H11F3N2O/c22-21(23,24)20(27)13-10-8-12(9-11-13)18-19-15-5-2-1-4-14(15)16-6-3-7-17(25-18)26(16)19/h1-11H. The van der Waals surface area contributed by atoms with Gasteiger partial charge in [-0.05, 0) is 12.1 Å². The lowest BCUT2D eigenvalue weighted by Gasteiger charge is -2.05. The van der Waals surface area contributed by atoms with E-state index in [2.05, 4.69) is 9.38 Å². The van der Waals surface area contributed by atoms with Gasteiger partial charge in [-0.25, -0.2) is 4.98 Å². The summed E-state index contributed by atoms with van der Waals surface area (Å²) in [6.45, 7) is 0. The topological polar surface area (TPSA) is 34.4 Å². The summed E-state index contributed by atoms with van der Waals surface area (Å²) >= 11 is 0. The van der Waals surface area contributed by atoms with Crippen LogP contribution < -0.4 is 0 Å². The van der Waals surface area contributed by atoms with Crippen molar-refractivity contribution < 1.29 is 18.0 Å². The van der Waals surface area contributed by atoms with Crippen LogP contribution in [-0.4, -0.2) is 21.3 Å². The van der Waals surface area contributed by atoms with E-state index in [4.69, 9.17) is 0 Å². The molecule has 3 nitrogen and oxygen atoms in total. The number of pyridine rings is 1. The number of hydrogen-bond donors (Lipinski definition) is 0. The number of benzene rings is 2. The monoisotopic (exact) mass is 364 g/mol. The third kappa shape index (κ3) is 2.23. The second-order valence-electron chi connectivity index (χ2n) is 6.36. The number of ketones is 1. The number of alkyl halides is 3. The Bertz CT molecular complexity index is 1320. The van der Waals surface area contributed by atoms with Crippen molar-refractivity contribution >= 4 is 33.2 Å². The van der Waals surface area contributed by atoms with Crippen LogP contribution in [0.15, 0.2) is 66.7 Å². The fourth-order valence-electron chi connectivity index (χ4n) is 3.61. The van der Waals surface area contributed by atoms with E-state index in [1.807, 2.05) is 42.5 Å². The molecule has 0 aliphatic rings. The zero-order valence-electron chi connectivity index (χ0n) is 13.8. The van der Waals surface area contributed by atoms with Crippen LogP contribution in [0.1, 0.15) is 10.4 Å². The average molecular weight is 364 g/mol. The van der Waals surface area contributed by atoms with E-state index in [1.54, 1.807) is 0 Å². The Labute approximate surface area is 151 Å². The average Bonchev–Trinajstić information content (AvgIpc) is 3.22. The summed E-state index contributed by atoms with van der Waals surface area (Å²) in [6.07, 6.45) is -4.88. The molecule has 0 radical (unpaired) electrons. The number of aromatic nitrogens is 2. The first-order valence-corrected chi connectivity index (χ1v) is 8.28. The molecule has 27 heavy (non-hydrogen) atoms. The number of carbonyl (C=O) groups excluding carboxylic acids is 1. The van der Waals surface area contributed by atoms with Gasteiger partial charge < -0.3 is 0 Å². The highest BCUT2D eigenvalue weighted by atomic mass is 19.4. The van der Waals surface area contributed by atoms with Crippen molar-refractivity contribution in [1.29, 1.82) is 0 Å². The highest BCUT2D eigenvalue weighted by Gasteiger charge is 2.39. The molecule has 2 aromatic carbocycles. The lowest BCUT2D eigenvalue weighted by molar-refractivity contribution is -0.0885. The molecule has 5 rings (SSSR count). The molecule has 0 unspecified atom stereocenters. The Morgan fingerprint density at radius 2 is 1.56 bits per heavy atom. The van der Waals surface area contributed by atoms with Gasteiger partial charge >= 0.3 is 6.18 Å². The van der Waals surface area contributed by atoms with Gasteiger partial charge in [-0.15, -0.1) is 0 Å². The van der Waals surface area contributed by atoms with Crippen molar-refractivity contribution in [2.75, 3.05) is 0 Å². The van der Waals surface area contributed by atoms with Crippen LogP contribution in [0.4, 0.5) is 13.2 Å². The van der Waals surface area contributed by atoms with E-state index in [-0.39, 0.29) is 5.56 Å². The minimum absolute atomic E-state index is 0.382. The maximum atomic E-state index is 12.6. The van der Waals surface area contributed by atoms with Crippen LogP contribution in [0.25, 0.3) is 38.7 Å². The molecule has 0 spiro atoms. The largest absolute Gasteiger partial charge is 0.454 e. The summed E-state index contributed by atoms with van der Waals surface area (Å²) in [4.78, 5) is 16.1. The predicted octanol–water partition coefficient (Wildman–Crippen LogP) is 5.49. The fraction of sp³-hybridized carbons (Fsp3) is 0.0476. The summed E-state index contributed by atoms with van der Waals surface area (Å²) in [5, 5.41) is 2.11. The summed E-state index contributed by atoms with van der Waals surface area (Å²) in [5.41, 5.74) is 3.66. The van der Waals surface area contributed by atoms with Gasteiger partial charge in [0.05, 0.1) is 16.7 Å². The van der Waals surface area contributed by atoms with E-state index < -0.39 is 12.0 Å². The second kappa shape index (κ2) is 5.30. The van der Waals surface area contributed by atoms with Crippen LogP contribution in [0.5, 0.6) is 0 Å². The summed E-state index contributed by atoms with van der Waals surface area (Å²) in [6, 6.07) is 19.2. The number of fused-ring (bicyclic) bond motifs is 3. The molecule has 3 heterocycles. The molecule has 0 bridgehead atoms. The molecule has 0 aliphatic heterocycles. The predicted molar refractivity (Wildman–Crippen MR) is 97.2 cm³/mol. The van der Waals surface area contributed by atoms with Crippen molar-refractivity contribution in [3.63, 3.8) is 0 Å². The van der Waals surface area contributed by atoms with Crippen LogP contribution in [0.2, 0.25) is 0 Å². The number of nitrogens with zero attached hydrogens (tertiary/aromatic N) is 2. The molecular formula is C21H11F3N2O. The number of Topliss-reactive ketones (excluding diaryl/α,β-unsaturated/α-hetero) is 1. The lowest BCUT2D eigenvalue weighted by atomic mass is 10.0. The number of imidazole rings is 1. The summed E-state index contributed by atoms with van der Waals surface area (Å²) < 4.78 is 39.9. The Morgan fingerprint density at radius 3 is 2.26 bits per heavy atom. The normalized spacial score (nSPS) is 12.4. The van der Waals surface area contributed by atoms with E-state index in [0.29, 0.717) is 11.3 Å². The molecule has 0 amide bonds. The minimum atomic E-state index is -4.88. The number of carbonyl (C=O) groups is 1. The lowest BCUT2D eigenvalue weighted by Crippen LogP contribution is -2.22. The third-order valence-electron chi connectivity index (χ3n) is 4.78. The molecule has 6 heteroatoms. The SMILES string of the molecule is O=C(c1ccc(-c2nc3cccc4c5ccccc5c2n34)cc1)C(F)(F)F. The van der Waals surface area contributed by atoms with E-state index >= 15 is 0 Å². The molecule has 0 saturated heterocycles. The van der Waals surface area contributed by atoms with E-state index in [0.717, 1.165) is 27.5 Å². The molecule has 0 N–H and O–H groups in total. The number of hydrogen-bond acceptors (Lipinski definition) is 2. The van der Waals surface area contributed by atoms with Crippen molar-refractivity contribution in [1.82, 2.24) is 9.38 Å². The van der Waals surface area contributed by atoms with Crippen LogP contribution in [-0.2, 0) is 0 Å². The van der Waals surface area contributed by atoms with Gasteiger partial charge in [-0.1, -0.05) is 54.6 Å². The number of rotatable bonds is 2. The molecule has 0 saturated carbocycles. The van der Waals surface area contributed by atoms with Gasteiger partial charge in [0.1, 0.15) is 5.65 Å². The van der Waals surface area contributed by atoms with Crippen molar-refractivity contribution in [2.24, 2.45) is 0 Å². The van der Waals surface area contributed by atoms with E-state index in [9.17, 15) is 18.0 Å². The Kier molecular flexibility index (Phi) is 3.10. The summed E-state index contributed by atoms with van der Waals surface area (Å²) in [7, 11) is 0. The number of halogens is 3. The Morgan fingerprint density at radius 1 is 0.852 bits per heavy atom.